The minimum atomic E-state index is -0.427. The van der Waals surface area contributed by atoms with Crippen molar-refractivity contribution in [3.8, 4) is 0 Å². The molecule has 2 aliphatic rings. The van der Waals surface area contributed by atoms with Crippen LogP contribution in [0.3, 0.4) is 0 Å². The second-order valence-corrected chi connectivity index (χ2v) is 7.94. The zero-order chi connectivity index (χ0) is 20.5. The fraction of sp³-hybridized carbons (Fsp3) is 0.261. The molecule has 2 aromatic rings. The molecule has 0 saturated carbocycles. The van der Waals surface area contributed by atoms with Crippen LogP contribution < -0.4 is 0 Å². The molecule has 1 aliphatic heterocycles. The second kappa shape index (κ2) is 7.84. The third-order valence-corrected chi connectivity index (χ3v) is 5.84. The van der Waals surface area contributed by atoms with Crippen LogP contribution in [0.2, 0.25) is 5.02 Å². The first kappa shape index (κ1) is 19.4. The van der Waals surface area contributed by atoms with Gasteiger partial charge in [0.1, 0.15) is 0 Å². The predicted octanol–water partition coefficient (Wildman–Crippen LogP) is 4.09. The number of carbonyl (C=O) groups excluding carboxylic acids is 3. The smallest absolute Gasteiger partial charge is 0.272 e. The molecule has 148 valence electrons. The number of amides is 3. The summed E-state index contributed by atoms with van der Waals surface area (Å²) in [4.78, 5) is 39.8. The summed E-state index contributed by atoms with van der Waals surface area (Å²) in [6.07, 6.45) is 4.44. The van der Waals surface area contributed by atoms with E-state index >= 15 is 0 Å². The van der Waals surface area contributed by atoms with Crippen LogP contribution in [0.1, 0.15) is 29.3 Å². The number of hydrazine groups is 1. The Morgan fingerprint density at radius 1 is 1.07 bits per heavy atom. The van der Waals surface area contributed by atoms with Crippen molar-refractivity contribution in [2.75, 3.05) is 0 Å². The lowest BCUT2D eigenvalue weighted by atomic mass is 9.78. The van der Waals surface area contributed by atoms with Crippen LogP contribution in [0.5, 0.6) is 0 Å². The summed E-state index contributed by atoms with van der Waals surface area (Å²) in [5.74, 6) is -1.92. The fourth-order valence-electron chi connectivity index (χ4n) is 4.10. The second-order valence-electron chi connectivity index (χ2n) is 7.50. The summed E-state index contributed by atoms with van der Waals surface area (Å²) in [5.41, 5.74) is 1.20. The van der Waals surface area contributed by atoms with Crippen molar-refractivity contribution in [2.45, 2.75) is 19.9 Å². The summed E-state index contributed by atoms with van der Waals surface area (Å²) < 4.78 is 0. The van der Waals surface area contributed by atoms with E-state index in [9.17, 15) is 14.4 Å². The fourth-order valence-corrected chi connectivity index (χ4v) is 4.23. The summed E-state index contributed by atoms with van der Waals surface area (Å²) in [5, 5.41) is 2.85. The Bertz CT molecular complexity index is 971. The van der Waals surface area contributed by atoms with Gasteiger partial charge in [-0.15, -0.1) is 0 Å². The lowest BCUT2D eigenvalue weighted by Gasteiger charge is -2.31. The van der Waals surface area contributed by atoms with Crippen LogP contribution in [0, 0.1) is 17.8 Å². The zero-order valence-corrected chi connectivity index (χ0v) is 16.8. The van der Waals surface area contributed by atoms with Crippen LogP contribution >= 0.6 is 11.6 Å². The van der Waals surface area contributed by atoms with Gasteiger partial charge < -0.3 is 0 Å². The van der Waals surface area contributed by atoms with Crippen LogP contribution in [0.25, 0.3) is 0 Å². The number of rotatable bonds is 4. The molecule has 1 saturated heterocycles. The molecule has 3 amide bonds. The van der Waals surface area contributed by atoms with Gasteiger partial charge in [-0.1, -0.05) is 61.0 Å². The van der Waals surface area contributed by atoms with E-state index in [1.807, 2.05) is 49.4 Å². The largest absolute Gasteiger partial charge is 0.273 e. The summed E-state index contributed by atoms with van der Waals surface area (Å²) in [6, 6.07) is 15.8. The lowest BCUT2D eigenvalue weighted by molar-refractivity contribution is -0.155. The molecule has 5 nitrogen and oxygen atoms in total. The molecule has 29 heavy (non-hydrogen) atoms. The molecule has 1 heterocycles. The van der Waals surface area contributed by atoms with Gasteiger partial charge in [-0.2, -0.15) is 5.01 Å². The molecule has 4 rings (SSSR count). The number of allylic oxidation sites excluding steroid dienone is 2. The minimum absolute atomic E-state index is 0.0422. The molecule has 1 fully saturated rings. The van der Waals surface area contributed by atoms with E-state index in [1.54, 1.807) is 24.3 Å². The van der Waals surface area contributed by atoms with Crippen molar-refractivity contribution < 1.29 is 14.4 Å². The van der Waals surface area contributed by atoms with Crippen molar-refractivity contribution in [3.05, 3.63) is 82.9 Å². The molecule has 0 radical (unpaired) electrons. The first-order valence-corrected chi connectivity index (χ1v) is 10.0. The Hall–Kier alpha value is -2.92. The number of benzene rings is 2. The molecular weight excluding hydrogens is 388 g/mol. The number of hydrogen-bond acceptors (Lipinski definition) is 3. The van der Waals surface area contributed by atoms with Crippen LogP contribution in [-0.2, 0) is 16.1 Å². The highest BCUT2D eigenvalue weighted by Gasteiger charge is 2.53. The van der Waals surface area contributed by atoms with Crippen molar-refractivity contribution in [3.63, 3.8) is 0 Å². The number of imide groups is 1. The van der Waals surface area contributed by atoms with Gasteiger partial charge in [0.15, 0.2) is 0 Å². The molecule has 6 heteroatoms. The molecule has 0 aromatic heterocycles. The van der Waals surface area contributed by atoms with Gasteiger partial charge in [0.05, 0.1) is 18.4 Å². The molecule has 0 unspecified atom stereocenters. The molecule has 1 aliphatic carbocycles. The average Bonchev–Trinajstić information content (AvgIpc) is 2.98. The van der Waals surface area contributed by atoms with Gasteiger partial charge in [0, 0.05) is 10.6 Å². The van der Waals surface area contributed by atoms with Gasteiger partial charge in [-0.3, -0.25) is 14.4 Å². The van der Waals surface area contributed by atoms with E-state index in [0.29, 0.717) is 17.0 Å². The molecule has 0 bridgehead atoms. The average molecular weight is 409 g/mol. The minimum Gasteiger partial charge on any atom is -0.272 e. The topological polar surface area (TPSA) is 57.7 Å². The quantitative estimate of drug-likeness (QED) is 0.565. The highest BCUT2D eigenvalue weighted by Crippen LogP contribution is 2.39. The highest BCUT2D eigenvalue weighted by molar-refractivity contribution is 6.30. The molecule has 2 aromatic carbocycles. The van der Waals surface area contributed by atoms with Gasteiger partial charge in [0.2, 0.25) is 0 Å². The Kier molecular flexibility index (Phi) is 5.24. The third kappa shape index (κ3) is 3.58. The van der Waals surface area contributed by atoms with E-state index in [0.717, 1.165) is 10.6 Å². The summed E-state index contributed by atoms with van der Waals surface area (Å²) in [6.45, 7) is 2.06. The standard InChI is InChI=1S/C23H21ClN2O3/c1-15-6-5-9-19-20(15)23(29)26(22(19)28)25(14-16-7-3-2-4-8-16)21(27)17-10-12-18(24)13-11-17/h2-8,10-13,15,19-20H,9,14H2,1H3/t15-,19+,20+/m1/s1. The maximum absolute atomic E-state index is 13.3. The van der Waals surface area contributed by atoms with Gasteiger partial charge in [-0.25, -0.2) is 5.01 Å². The lowest BCUT2D eigenvalue weighted by Crippen LogP contribution is -2.50. The molecule has 0 N–H and O–H groups in total. The zero-order valence-electron chi connectivity index (χ0n) is 16.0. The van der Waals surface area contributed by atoms with Crippen molar-refractivity contribution >= 4 is 29.3 Å². The number of hydrogen-bond donors (Lipinski definition) is 0. The Morgan fingerprint density at radius 2 is 1.76 bits per heavy atom. The third-order valence-electron chi connectivity index (χ3n) is 5.59. The number of halogens is 1. The Labute approximate surface area is 174 Å². The van der Waals surface area contributed by atoms with E-state index < -0.39 is 17.7 Å². The van der Waals surface area contributed by atoms with E-state index in [-0.39, 0.29) is 24.3 Å². The van der Waals surface area contributed by atoms with Gasteiger partial charge in [-0.05, 0) is 42.2 Å². The van der Waals surface area contributed by atoms with Gasteiger partial charge in [0.25, 0.3) is 17.7 Å². The monoisotopic (exact) mass is 408 g/mol. The summed E-state index contributed by atoms with van der Waals surface area (Å²) in [7, 11) is 0. The highest BCUT2D eigenvalue weighted by atomic mass is 35.5. The van der Waals surface area contributed by atoms with E-state index in [2.05, 4.69) is 0 Å². The van der Waals surface area contributed by atoms with Crippen molar-refractivity contribution in [1.82, 2.24) is 10.0 Å². The number of nitrogens with zero attached hydrogens (tertiary/aromatic N) is 2. The maximum atomic E-state index is 13.3. The van der Waals surface area contributed by atoms with Crippen molar-refractivity contribution in [1.29, 1.82) is 0 Å². The predicted molar refractivity (Wildman–Crippen MR) is 110 cm³/mol. The van der Waals surface area contributed by atoms with E-state index in [4.69, 9.17) is 11.6 Å². The van der Waals surface area contributed by atoms with Crippen LogP contribution in [0.15, 0.2) is 66.7 Å². The maximum Gasteiger partial charge on any atom is 0.273 e. The first-order chi connectivity index (χ1) is 14.0. The van der Waals surface area contributed by atoms with Crippen molar-refractivity contribution in [2.24, 2.45) is 17.8 Å². The SMILES string of the molecule is C[C@@H]1C=CC[C@@H]2C(=O)N(N(Cc3ccccc3)C(=O)c3ccc(Cl)cc3)C(=O)[C@@H]12. The molecular formula is C23H21ClN2O3. The van der Waals surface area contributed by atoms with E-state index in [1.165, 1.54) is 5.01 Å². The normalized spacial score (nSPS) is 23.2. The Morgan fingerprint density at radius 3 is 2.41 bits per heavy atom. The molecule has 3 atom stereocenters. The number of carbonyl (C=O) groups is 3. The first-order valence-electron chi connectivity index (χ1n) is 9.63. The number of fused-ring (bicyclic) bond motifs is 1. The van der Waals surface area contributed by atoms with Gasteiger partial charge >= 0.3 is 0 Å². The summed E-state index contributed by atoms with van der Waals surface area (Å²) >= 11 is 5.95. The van der Waals surface area contributed by atoms with Crippen LogP contribution in [-0.4, -0.2) is 27.7 Å². The Balaban J connectivity index is 1.72. The molecule has 0 spiro atoms. The van der Waals surface area contributed by atoms with Crippen LogP contribution in [0.4, 0.5) is 0 Å².